The van der Waals surface area contributed by atoms with E-state index in [1.807, 2.05) is 38.1 Å². The van der Waals surface area contributed by atoms with E-state index in [1.54, 1.807) is 6.08 Å². The van der Waals surface area contributed by atoms with Gasteiger partial charge < -0.3 is 10.6 Å². The highest BCUT2D eigenvalue weighted by atomic mass is 16.6. The molecule has 150 valence electrons. The second kappa shape index (κ2) is 10.6. The monoisotopic (exact) mass is 393 g/mol. The maximum atomic E-state index is 12.4. The zero-order chi connectivity index (χ0) is 21.2. The van der Waals surface area contributed by atoms with Gasteiger partial charge in [0.25, 0.3) is 11.6 Å². The van der Waals surface area contributed by atoms with Gasteiger partial charge in [-0.05, 0) is 48.8 Å². The summed E-state index contributed by atoms with van der Waals surface area (Å²) in [4.78, 5) is 35.0. The van der Waals surface area contributed by atoms with E-state index in [-0.39, 0.29) is 11.4 Å². The molecule has 0 radical (unpaired) electrons. The molecule has 2 rings (SSSR count). The second-order valence-electron chi connectivity index (χ2n) is 6.40. The van der Waals surface area contributed by atoms with Gasteiger partial charge in [-0.1, -0.05) is 36.8 Å². The Bertz CT molecular complexity index is 930. The minimum absolute atomic E-state index is 0.0517. The zero-order valence-corrected chi connectivity index (χ0v) is 16.3. The van der Waals surface area contributed by atoms with Gasteiger partial charge in [0, 0.05) is 24.8 Å². The van der Waals surface area contributed by atoms with Crippen molar-refractivity contribution in [1.82, 2.24) is 10.6 Å². The van der Waals surface area contributed by atoms with Crippen molar-refractivity contribution in [2.45, 2.75) is 20.3 Å². The molecule has 0 unspecified atom stereocenters. The van der Waals surface area contributed by atoms with E-state index >= 15 is 0 Å². The van der Waals surface area contributed by atoms with Crippen molar-refractivity contribution in [1.29, 1.82) is 0 Å². The Hall–Kier alpha value is -3.74. The fourth-order valence-corrected chi connectivity index (χ4v) is 2.37. The average Bonchev–Trinajstić information content (AvgIpc) is 2.71. The number of hydrogen-bond donors (Lipinski definition) is 2. The van der Waals surface area contributed by atoms with Crippen LogP contribution in [-0.4, -0.2) is 23.3 Å². The zero-order valence-electron chi connectivity index (χ0n) is 16.3. The first-order valence-electron chi connectivity index (χ1n) is 9.19. The summed E-state index contributed by atoms with van der Waals surface area (Å²) in [6.07, 6.45) is 5.23. The molecule has 0 aromatic heterocycles. The van der Waals surface area contributed by atoms with E-state index in [2.05, 4.69) is 10.6 Å². The molecule has 2 amide bonds. The van der Waals surface area contributed by atoms with Crippen molar-refractivity contribution in [2.24, 2.45) is 0 Å². The van der Waals surface area contributed by atoms with E-state index in [0.717, 1.165) is 17.5 Å². The lowest BCUT2D eigenvalue weighted by Crippen LogP contribution is -2.34. The van der Waals surface area contributed by atoms with Crippen LogP contribution >= 0.6 is 0 Å². The van der Waals surface area contributed by atoms with Crippen molar-refractivity contribution in [3.05, 3.63) is 87.1 Å². The van der Waals surface area contributed by atoms with Gasteiger partial charge >= 0.3 is 0 Å². The predicted molar refractivity (Wildman–Crippen MR) is 113 cm³/mol. The van der Waals surface area contributed by atoms with Crippen LogP contribution in [0.3, 0.4) is 0 Å². The predicted octanol–water partition coefficient (Wildman–Crippen LogP) is 3.60. The van der Waals surface area contributed by atoms with Crippen molar-refractivity contribution < 1.29 is 14.5 Å². The third-order valence-electron chi connectivity index (χ3n) is 3.96. The van der Waals surface area contributed by atoms with Crippen molar-refractivity contribution in [3.8, 4) is 0 Å². The van der Waals surface area contributed by atoms with Crippen LogP contribution in [0.2, 0.25) is 0 Å². The van der Waals surface area contributed by atoms with Crippen LogP contribution in [0.1, 0.15) is 30.0 Å². The molecule has 0 aliphatic rings. The van der Waals surface area contributed by atoms with E-state index < -0.39 is 16.7 Å². The number of benzene rings is 2. The molecule has 2 N–H and O–H groups in total. The molecule has 0 aliphatic carbocycles. The van der Waals surface area contributed by atoms with Gasteiger partial charge in [0.2, 0.25) is 5.91 Å². The summed E-state index contributed by atoms with van der Waals surface area (Å²) in [6.45, 7) is 4.36. The number of aryl methyl sites for hydroxylation is 1. The first-order chi connectivity index (χ1) is 13.9. The van der Waals surface area contributed by atoms with Crippen LogP contribution < -0.4 is 10.6 Å². The van der Waals surface area contributed by atoms with Crippen LogP contribution in [0.15, 0.2) is 60.3 Å². The van der Waals surface area contributed by atoms with Crippen LogP contribution in [0.25, 0.3) is 12.2 Å². The number of amides is 2. The highest BCUT2D eigenvalue weighted by molar-refractivity contribution is 6.04. The largest absolute Gasteiger partial charge is 0.351 e. The summed E-state index contributed by atoms with van der Waals surface area (Å²) < 4.78 is 0. The Morgan fingerprint density at radius 1 is 1.03 bits per heavy atom. The lowest BCUT2D eigenvalue weighted by molar-refractivity contribution is -0.384. The molecule has 0 saturated carbocycles. The summed E-state index contributed by atoms with van der Waals surface area (Å²) in [5.74, 6) is -0.882. The molecule has 0 spiro atoms. The lowest BCUT2D eigenvalue weighted by atomic mass is 10.1. The Morgan fingerprint density at radius 3 is 2.24 bits per heavy atom. The number of nitro benzene ring substituents is 1. The fraction of sp³-hybridized carbons (Fsp3) is 0.182. The molecule has 2 aromatic carbocycles. The van der Waals surface area contributed by atoms with E-state index in [4.69, 9.17) is 0 Å². The molecule has 0 fully saturated rings. The molecule has 0 bridgehead atoms. The van der Waals surface area contributed by atoms with Crippen molar-refractivity contribution in [3.63, 3.8) is 0 Å². The van der Waals surface area contributed by atoms with Gasteiger partial charge in [-0.3, -0.25) is 19.7 Å². The molecule has 7 heteroatoms. The number of nitrogens with one attached hydrogen (secondary N) is 2. The topological polar surface area (TPSA) is 101 Å². The molecular weight excluding hydrogens is 370 g/mol. The maximum absolute atomic E-state index is 12.4. The number of hydrogen-bond acceptors (Lipinski definition) is 4. The Kier molecular flexibility index (Phi) is 7.85. The van der Waals surface area contributed by atoms with Crippen LogP contribution in [0.4, 0.5) is 5.69 Å². The molecule has 0 aliphatic heterocycles. The Morgan fingerprint density at radius 2 is 1.66 bits per heavy atom. The number of nitrogens with zero attached hydrogens (tertiary/aromatic N) is 1. The van der Waals surface area contributed by atoms with Gasteiger partial charge in [-0.2, -0.15) is 0 Å². The van der Waals surface area contributed by atoms with E-state index in [1.165, 1.54) is 36.4 Å². The van der Waals surface area contributed by atoms with E-state index in [9.17, 15) is 19.7 Å². The molecule has 0 saturated heterocycles. The van der Waals surface area contributed by atoms with Gasteiger partial charge in [-0.15, -0.1) is 0 Å². The Balaban J connectivity index is 2.18. The van der Waals surface area contributed by atoms with Crippen LogP contribution in [0.5, 0.6) is 0 Å². The Labute approximate surface area is 169 Å². The SMILES string of the molecule is CCCNC(=O)/C(=C/c1ccc([N+](=O)[O-])cc1)NC(=O)/C=C/c1ccc(C)cc1. The second-order valence-corrected chi connectivity index (χ2v) is 6.40. The summed E-state index contributed by atoms with van der Waals surface area (Å²) in [5.41, 5.74) is 2.55. The molecular formula is C22H23N3O4. The van der Waals surface area contributed by atoms with Gasteiger partial charge in [-0.25, -0.2) is 0 Å². The number of non-ortho nitro benzene ring substituents is 1. The van der Waals surface area contributed by atoms with Gasteiger partial charge in [0.05, 0.1) is 4.92 Å². The van der Waals surface area contributed by atoms with Crippen molar-refractivity contribution >= 4 is 29.7 Å². The third kappa shape index (κ3) is 7.06. The number of rotatable bonds is 8. The van der Waals surface area contributed by atoms with Gasteiger partial charge in [0.15, 0.2) is 0 Å². The van der Waals surface area contributed by atoms with Gasteiger partial charge in [0.1, 0.15) is 5.70 Å². The molecule has 29 heavy (non-hydrogen) atoms. The van der Waals surface area contributed by atoms with E-state index in [0.29, 0.717) is 12.1 Å². The fourth-order valence-electron chi connectivity index (χ4n) is 2.37. The lowest BCUT2D eigenvalue weighted by Gasteiger charge is -2.09. The molecule has 0 heterocycles. The summed E-state index contributed by atoms with van der Waals surface area (Å²) in [6, 6.07) is 13.4. The molecule has 2 aromatic rings. The number of nitro groups is 1. The normalized spacial score (nSPS) is 11.3. The summed E-state index contributed by atoms with van der Waals surface area (Å²) in [7, 11) is 0. The first-order valence-corrected chi connectivity index (χ1v) is 9.19. The highest BCUT2D eigenvalue weighted by Crippen LogP contribution is 2.14. The first kappa shape index (κ1) is 21.6. The summed E-state index contributed by atoms with van der Waals surface area (Å²) in [5, 5.41) is 16.1. The minimum Gasteiger partial charge on any atom is -0.351 e. The van der Waals surface area contributed by atoms with Crippen LogP contribution in [-0.2, 0) is 9.59 Å². The average molecular weight is 393 g/mol. The highest BCUT2D eigenvalue weighted by Gasteiger charge is 2.12. The number of carbonyl (C=O) groups excluding carboxylic acids is 2. The minimum atomic E-state index is -0.500. The smallest absolute Gasteiger partial charge is 0.269 e. The van der Waals surface area contributed by atoms with Crippen molar-refractivity contribution in [2.75, 3.05) is 6.54 Å². The van der Waals surface area contributed by atoms with Crippen LogP contribution in [0, 0.1) is 17.0 Å². The molecule has 7 nitrogen and oxygen atoms in total. The third-order valence-corrected chi connectivity index (χ3v) is 3.96. The standard InChI is InChI=1S/C22H23N3O4/c1-3-14-23-22(27)20(15-18-8-11-19(12-9-18)25(28)29)24-21(26)13-10-17-6-4-16(2)5-7-17/h4-13,15H,3,14H2,1-2H3,(H,23,27)(H,24,26)/b13-10+,20-15-. The molecule has 0 atom stereocenters. The quantitative estimate of drug-likeness (QED) is 0.406. The maximum Gasteiger partial charge on any atom is 0.269 e. The summed E-state index contributed by atoms with van der Waals surface area (Å²) >= 11 is 0. The number of carbonyl (C=O) groups is 2.